The van der Waals surface area contributed by atoms with Crippen LogP contribution >= 0.6 is 0 Å². The Kier molecular flexibility index (Phi) is 11.4. The number of nitrogens with zero attached hydrogens (tertiary/aromatic N) is 2. The lowest BCUT2D eigenvalue weighted by molar-refractivity contribution is -0.270. The Morgan fingerprint density at radius 2 is 1.24 bits per heavy atom. The predicted molar refractivity (Wildman–Crippen MR) is 187 cm³/mol. The van der Waals surface area contributed by atoms with E-state index in [2.05, 4.69) is 25.5 Å². The second kappa shape index (κ2) is 14.8. The molecule has 1 aliphatic carbocycles. The van der Waals surface area contributed by atoms with Gasteiger partial charge in [0.15, 0.2) is 0 Å². The van der Waals surface area contributed by atoms with Gasteiger partial charge in [0.2, 0.25) is 34.8 Å². The average molecular weight is 714 g/mol. The molecular formula is C40H46F5N2O4-. The largest absolute Gasteiger partial charge is 0.872 e. The molecule has 51 heavy (non-hydrogen) atoms. The van der Waals surface area contributed by atoms with Gasteiger partial charge in [0.05, 0.1) is 18.5 Å². The van der Waals surface area contributed by atoms with E-state index in [9.17, 15) is 37.0 Å². The summed E-state index contributed by atoms with van der Waals surface area (Å²) in [6.45, 7) is 17.8. The van der Waals surface area contributed by atoms with Crippen LogP contribution in [-0.4, -0.2) is 35.6 Å². The summed E-state index contributed by atoms with van der Waals surface area (Å²) < 4.78 is 73.8. The SMILES string of the molecule is CC(C)(C)c1cc(C=N[C@@H]2CCCC[C@H]2N=Cc2cc(CC(=O)Oc3c(F)c(F)c(F)c(F)c3F)cc(C(C)(C)C)c2[O-])c(O)c(C(C)(C)C)c1. The maximum atomic E-state index is 14.2. The topological polar surface area (TPSA) is 94.3 Å². The van der Waals surface area contributed by atoms with E-state index in [1.54, 1.807) is 27.0 Å². The minimum Gasteiger partial charge on any atom is -0.872 e. The molecule has 276 valence electrons. The fourth-order valence-corrected chi connectivity index (χ4v) is 6.01. The summed E-state index contributed by atoms with van der Waals surface area (Å²) >= 11 is 0. The number of hydrogen-bond acceptors (Lipinski definition) is 6. The zero-order valence-corrected chi connectivity index (χ0v) is 30.6. The molecule has 1 fully saturated rings. The smallest absolute Gasteiger partial charge is 0.315 e. The van der Waals surface area contributed by atoms with Crippen molar-refractivity contribution in [2.45, 2.75) is 123 Å². The van der Waals surface area contributed by atoms with Gasteiger partial charge in [0, 0.05) is 23.6 Å². The molecule has 0 bridgehead atoms. The first kappa shape index (κ1) is 39.5. The quantitative estimate of drug-likeness (QED) is 0.0661. The molecule has 6 nitrogen and oxygen atoms in total. The minimum atomic E-state index is -2.37. The summed E-state index contributed by atoms with van der Waals surface area (Å²) in [6.07, 6.45) is 5.77. The molecule has 0 aliphatic heterocycles. The maximum Gasteiger partial charge on any atom is 0.315 e. The third-order valence-corrected chi connectivity index (χ3v) is 9.04. The number of aliphatic imine (C=N–C) groups is 2. The highest BCUT2D eigenvalue weighted by molar-refractivity contribution is 5.86. The molecule has 0 amide bonds. The van der Waals surface area contributed by atoms with Crippen molar-refractivity contribution in [3.05, 3.63) is 86.7 Å². The Labute approximate surface area is 296 Å². The van der Waals surface area contributed by atoms with Crippen molar-refractivity contribution in [2.75, 3.05) is 0 Å². The highest BCUT2D eigenvalue weighted by Gasteiger charge is 2.30. The molecule has 3 aromatic rings. The van der Waals surface area contributed by atoms with E-state index >= 15 is 0 Å². The number of rotatable bonds is 7. The van der Waals surface area contributed by atoms with E-state index in [1.165, 1.54) is 18.3 Å². The van der Waals surface area contributed by atoms with Crippen LogP contribution in [0, 0.1) is 29.1 Å². The summed E-state index contributed by atoms with van der Waals surface area (Å²) in [5, 5.41) is 24.8. The fourth-order valence-electron chi connectivity index (χ4n) is 6.01. The van der Waals surface area contributed by atoms with Crippen molar-refractivity contribution in [3.63, 3.8) is 0 Å². The van der Waals surface area contributed by atoms with Crippen LogP contribution in [0.5, 0.6) is 17.2 Å². The van der Waals surface area contributed by atoms with Gasteiger partial charge in [-0.1, -0.05) is 99.1 Å². The predicted octanol–water partition coefficient (Wildman–Crippen LogP) is 9.05. The second-order valence-corrected chi connectivity index (χ2v) is 16.3. The van der Waals surface area contributed by atoms with Gasteiger partial charge in [-0.15, -0.1) is 0 Å². The van der Waals surface area contributed by atoms with Crippen molar-refractivity contribution < 1.29 is 41.7 Å². The molecule has 4 rings (SSSR count). The molecule has 0 radical (unpaired) electrons. The van der Waals surface area contributed by atoms with Crippen molar-refractivity contribution in [1.82, 2.24) is 0 Å². The molecule has 2 atom stereocenters. The summed E-state index contributed by atoms with van der Waals surface area (Å²) in [5.41, 5.74) is 2.05. The number of hydrogen-bond donors (Lipinski definition) is 1. The van der Waals surface area contributed by atoms with Crippen LogP contribution in [0.2, 0.25) is 0 Å². The lowest BCUT2D eigenvalue weighted by Crippen LogP contribution is -2.27. The molecule has 0 unspecified atom stereocenters. The molecule has 11 heteroatoms. The standard InChI is InChI=1S/C40H47F5N2O4/c1-38(2,3)24-17-23(36(50)26(18-24)40(7,8)9)20-47-28-13-11-10-12-27(28)46-19-22-14-21(15-25(35(22)49)39(4,5)6)16-29(48)51-37-33(44)31(42)30(41)32(43)34(37)45/h14-15,17-20,27-28,49-50H,10-13,16H2,1-9H3/p-1/t27-,28-/m1/s1. The number of phenolic OH excluding ortho intramolecular Hbond substituents is 1. The second-order valence-electron chi connectivity index (χ2n) is 16.3. The van der Waals surface area contributed by atoms with Crippen molar-refractivity contribution in [2.24, 2.45) is 9.98 Å². The lowest BCUT2D eigenvalue weighted by atomic mass is 9.79. The molecule has 0 heterocycles. The highest BCUT2D eigenvalue weighted by atomic mass is 19.2. The molecular weight excluding hydrogens is 667 g/mol. The molecule has 1 aliphatic rings. The van der Waals surface area contributed by atoms with Gasteiger partial charge in [0.25, 0.3) is 0 Å². The third-order valence-electron chi connectivity index (χ3n) is 9.04. The van der Waals surface area contributed by atoms with Gasteiger partial charge in [-0.25, -0.2) is 13.2 Å². The highest BCUT2D eigenvalue weighted by Crippen LogP contribution is 2.38. The number of ether oxygens (including phenoxy) is 1. The lowest BCUT2D eigenvalue weighted by Gasteiger charge is -2.29. The Morgan fingerprint density at radius 3 is 1.73 bits per heavy atom. The number of halogens is 5. The van der Waals surface area contributed by atoms with Crippen molar-refractivity contribution in [3.8, 4) is 17.2 Å². The van der Waals surface area contributed by atoms with Crippen LogP contribution in [0.3, 0.4) is 0 Å². The number of carbonyl (C=O) groups is 1. The molecule has 0 aromatic heterocycles. The number of phenols is 1. The van der Waals surface area contributed by atoms with E-state index in [1.807, 2.05) is 32.9 Å². The minimum absolute atomic E-state index is 0.153. The van der Waals surface area contributed by atoms with E-state index in [0.29, 0.717) is 17.5 Å². The van der Waals surface area contributed by atoms with Crippen LogP contribution in [0.15, 0.2) is 34.3 Å². The molecule has 0 spiro atoms. The molecule has 0 saturated heterocycles. The number of aromatic hydroxyl groups is 1. The summed E-state index contributed by atoms with van der Waals surface area (Å²) in [7, 11) is 0. The van der Waals surface area contributed by atoms with Gasteiger partial charge in [0.1, 0.15) is 5.75 Å². The van der Waals surface area contributed by atoms with E-state index in [-0.39, 0.29) is 45.5 Å². The summed E-state index contributed by atoms with van der Waals surface area (Å²) in [6, 6.07) is 6.32. The first-order chi connectivity index (χ1) is 23.5. The van der Waals surface area contributed by atoms with E-state index < -0.39 is 52.6 Å². The van der Waals surface area contributed by atoms with Crippen LogP contribution < -0.4 is 9.84 Å². The first-order valence-electron chi connectivity index (χ1n) is 17.0. The zero-order chi connectivity index (χ0) is 38.2. The zero-order valence-electron chi connectivity index (χ0n) is 30.6. The third kappa shape index (κ3) is 8.97. The Bertz CT molecular complexity index is 1840. The monoisotopic (exact) mass is 713 g/mol. The van der Waals surface area contributed by atoms with Crippen LogP contribution in [0.1, 0.15) is 121 Å². The Hall–Kier alpha value is -4.28. The maximum absolute atomic E-state index is 14.2. The Balaban J connectivity index is 1.65. The molecule has 1 saturated carbocycles. The van der Waals surface area contributed by atoms with Crippen LogP contribution in [0.4, 0.5) is 22.0 Å². The molecule has 3 aromatic carbocycles. The van der Waals surface area contributed by atoms with Crippen LogP contribution in [-0.2, 0) is 27.5 Å². The number of carbonyl (C=O) groups excluding carboxylic acids is 1. The average Bonchev–Trinajstić information content (AvgIpc) is 3.03. The van der Waals surface area contributed by atoms with Gasteiger partial charge >= 0.3 is 5.97 Å². The van der Waals surface area contributed by atoms with E-state index in [0.717, 1.165) is 30.4 Å². The molecule has 1 N–H and O–H groups in total. The van der Waals surface area contributed by atoms with Crippen molar-refractivity contribution in [1.29, 1.82) is 0 Å². The first-order valence-corrected chi connectivity index (χ1v) is 17.0. The van der Waals surface area contributed by atoms with Crippen molar-refractivity contribution >= 4 is 18.4 Å². The van der Waals surface area contributed by atoms with Gasteiger partial charge in [-0.2, -0.15) is 8.78 Å². The number of benzene rings is 3. The van der Waals surface area contributed by atoms with Gasteiger partial charge in [-0.05, 0) is 57.4 Å². The van der Waals surface area contributed by atoms with Crippen LogP contribution in [0.25, 0.3) is 0 Å². The van der Waals surface area contributed by atoms with Gasteiger partial charge < -0.3 is 14.9 Å². The van der Waals surface area contributed by atoms with Gasteiger partial charge in [-0.3, -0.25) is 14.8 Å². The number of esters is 1. The summed E-state index contributed by atoms with van der Waals surface area (Å²) in [4.78, 5) is 22.4. The fraction of sp³-hybridized carbons (Fsp3) is 0.475. The normalized spacial score (nSPS) is 17.5. The summed E-state index contributed by atoms with van der Waals surface area (Å²) in [5.74, 6) is -14.5. The van der Waals surface area contributed by atoms with E-state index in [4.69, 9.17) is 9.98 Å². The Morgan fingerprint density at radius 1 is 0.745 bits per heavy atom.